The molecule has 0 bridgehead atoms. The Morgan fingerprint density at radius 2 is 2.09 bits per heavy atom. The summed E-state index contributed by atoms with van der Waals surface area (Å²) in [6.45, 7) is 3.70. The van der Waals surface area contributed by atoms with Gasteiger partial charge in [0.15, 0.2) is 5.96 Å². The summed E-state index contributed by atoms with van der Waals surface area (Å²) >= 11 is 0. The average Bonchev–Trinajstić information content (AvgIpc) is 3.05. The normalized spacial score (nSPS) is 17.0. The van der Waals surface area contributed by atoms with Crippen molar-refractivity contribution >= 4 is 11.6 Å². The Labute approximate surface area is 137 Å². The molecular weight excluding hydrogens is 292 g/mol. The van der Waals surface area contributed by atoms with Crippen molar-refractivity contribution in [2.45, 2.75) is 45.6 Å². The minimum atomic E-state index is -0.373. The lowest BCUT2D eigenvalue weighted by molar-refractivity contribution is -0.384. The van der Waals surface area contributed by atoms with Crippen LogP contribution in [-0.4, -0.2) is 24.5 Å². The van der Waals surface area contributed by atoms with Crippen LogP contribution in [0.1, 0.15) is 44.6 Å². The Balaban J connectivity index is 1.88. The standard InChI is InChI=1S/C17H26N4O2/c1-3-17(9-4-5-10-17)13-20-16(18-2)19-12-14-7-6-8-15(11-14)21(22)23/h6-8,11H,3-5,9-10,12-13H2,1-2H3,(H2,18,19,20). The second kappa shape index (κ2) is 7.94. The van der Waals surface area contributed by atoms with Crippen molar-refractivity contribution in [2.75, 3.05) is 13.6 Å². The molecule has 23 heavy (non-hydrogen) atoms. The second-order valence-corrected chi connectivity index (χ2v) is 6.27. The number of hydrogen-bond acceptors (Lipinski definition) is 3. The van der Waals surface area contributed by atoms with Crippen molar-refractivity contribution in [3.8, 4) is 0 Å². The summed E-state index contributed by atoms with van der Waals surface area (Å²) < 4.78 is 0. The molecule has 1 fully saturated rings. The van der Waals surface area contributed by atoms with Gasteiger partial charge >= 0.3 is 0 Å². The van der Waals surface area contributed by atoms with Gasteiger partial charge < -0.3 is 10.6 Å². The molecule has 1 aromatic rings. The van der Waals surface area contributed by atoms with Crippen molar-refractivity contribution in [1.29, 1.82) is 0 Å². The number of hydrogen-bond donors (Lipinski definition) is 2. The summed E-state index contributed by atoms with van der Waals surface area (Å²) in [6.07, 6.45) is 6.36. The summed E-state index contributed by atoms with van der Waals surface area (Å²) in [4.78, 5) is 14.7. The van der Waals surface area contributed by atoms with E-state index in [4.69, 9.17) is 0 Å². The third-order valence-corrected chi connectivity index (χ3v) is 4.85. The molecule has 0 amide bonds. The van der Waals surface area contributed by atoms with Gasteiger partial charge in [-0.2, -0.15) is 0 Å². The molecule has 0 atom stereocenters. The van der Waals surface area contributed by atoms with Gasteiger partial charge in [0, 0.05) is 32.3 Å². The predicted molar refractivity (Wildman–Crippen MR) is 92.5 cm³/mol. The van der Waals surface area contributed by atoms with E-state index in [1.54, 1.807) is 19.2 Å². The Hall–Kier alpha value is -2.11. The van der Waals surface area contributed by atoms with Crippen LogP contribution >= 0.6 is 0 Å². The highest BCUT2D eigenvalue weighted by Gasteiger charge is 2.31. The average molecular weight is 318 g/mol. The van der Waals surface area contributed by atoms with Crippen LogP contribution in [0.5, 0.6) is 0 Å². The van der Waals surface area contributed by atoms with Gasteiger partial charge in [0.1, 0.15) is 0 Å². The smallest absolute Gasteiger partial charge is 0.269 e. The number of guanidine groups is 1. The van der Waals surface area contributed by atoms with Gasteiger partial charge in [0.05, 0.1) is 4.92 Å². The topological polar surface area (TPSA) is 79.6 Å². The quantitative estimate of drug-likeness (QED) is 0.365. The molecule has 1 aliphatic carbocycles. The van der Waals surface area contributed by atoms with E-state index in [-0.39, 0.29) is 10.6 Å². The summed E-state index contributed by atoms with van der Waals surface area (Å²) in [6, 6.07) is 6.67. The first-order valence-corrected chi connectivity index (χ1v) is 8.26. The summed E-state index contributed by atoms with van der Waals surface area (Å²) in [5.74, 6) is 0.747. The number of nitro benzene ring substituents is 1. The van der Waals surface area contributed by atoms with E-state index < -0.39 is 0 Å². The van der Waals surface area contributed by atoms with Crippen molar-refractivity contribution in [1.82, 2.24) is 10.6 Å². The van der Waals surface area contributed by atoms with E-state index in [9.17, 15) is 10.1 Å². The highest BCUT2D eigenvalue weighted by Crippen LogP contribution is 2.40. The zero-order valence-corrected chi connectivity index (χ0v) is 14.0. The molecule has 2 N–H and O–H groups in total. The van der Waals surface area contributed by atoms with E-state index in [1.807, 2.05) is 6.07 Å². The fourth-order valence-corrected chi connectivity index (χ4v) is 3.24. The summed E-state index contributed by atoms with van der Waals surface area (Å²) in [7, 11) is 1.75. The number of aliphatic imine (C=N–C) groups is 1. The van der Waals surface area contributed by atoms with Gasteiger partial charge in [-0.05, 0) is 30.2 Å². The Morgan fingerprint density at radius 1 is 1.35 bits per heavy atom. The molecule has 0 heterocycles. The van der Waals surface area contributed by atoms with Gasteiger partial charge in [0.25, 0.3) is 5.69 Å². The van der Waals surface area contributed by atoms with Gasteiger partial charge in [-0.1, -0.05) is 31.9 Å². The molecule has 0 aromatic heterocycles. The first kappa shape index (κ1) is 17.2. The molecule has 1 saturated carbocycles. The molecule has 6 heteroatoms. The lowest BCUT2D eigenvalue weighted by atomic mass is 9.83. The highest BCUT2D eigenvalue weighted by molar-refractivity contribution is 5.79. The maximum absolute atomic E-state index is 10.8. The number of benzene rings is 1. The van der Waals surface area contributed by atoms with Crippen LogP contribution in [-0.2, 0) is 6.54 Å². The molecule has 1 aromatic carbocycles. The fraction of sp³-hybridized carbons (Fsp3) is 0.588. The monoisotopic (exact) mass is 318 g/mol. The zero-order chi connectivity index (χ0) is 16.7. The Bertz CT molecular complexity index is 565. The molecule has 0 saturated heterocycles. The molecule has 0 unspecified atom stereocenters. The van der Waals surface area contributed by atoms with Crippen LogP contribution in [0.15, 0.2) is 29.3 Å². The van der Waals surface area contributed by atoms with Crippen LogP contribution in [0.2, 0.25) is 0 Å². The third-order valence-electron chi connectivity index (χ3n) is 4.85. The molecule has 6 nitrogen and oxygen atoms in total. The largest absolute Gasteiger partial charge is 0.356 e. The molecular formula is C17H26N4O2. The summed E-state index contributed by atoms with van der Waals surface area (Å²) in [5.41, 5.74) is 1.37. The molecule has 1 aliphatic rings. The Morgan fingerprint density at radius 3 is 2.70 bits per heavy atom. The number of nitrogens with one attached hydrogen (secondary N) is 2. The van der Waals surface area contributed by atoms with Crippen LogP contribution in [0.4, 0.5) is 5.69 Å². The Kier molecular flexibility index (Phi) is 5.96. The second-order valence-electron chi connectivity index (χ2n) is 6.27. The third kappa shape index (κ3) is 4.68. The van der Waals surface area contributed by atoms with Crippen LogP contribution in [0.25, 0.3) is 0 Å². The van der Waals surface area contributed by atoms with E-state index in [0.29, 0.717) is 12.0 Å². The van der Waals surface area contributed by atoms with Crippen molar-refractivity contribution in [2.24, 2.45) is 10.4 Å². The van der Waals surface area contributed by atoms with Crippen LogP contribution < -0.4 is 10.6 Å². The highest BCUT2D eigenvalue weighted by atomic mass is 16.6. The van der Waals surface area contributed by atoms with Gasteiger partial charge in [-0.15, -0.1) is 0 Å². The molecule has 0 aliphatic heterocycles. The number of rotatable bonds is 6. The van der Waals surface area contributed by atoms with Crippen molar-refractivity contribution in [3.05, 3.63) is 39.9 Å². The molecule has 0 radical (unpaired) electrons. The van der Waals surface area contributed by atoms with Gasteiger partial charge in [-0.25, -0.2) is 0 Å². The minimum absolute atomic E-state index is 0.114. The van der Waals surface area contributed by atoms with Gasteiger partial charge in [0.2, 0.25) is 0 Å². The number of nitrogens with zero attached hydrogens (tertiary/aromatic N) is 2. The minimum Gasteiger partial charge on any atom is -0.356 e. The van der Waals surface area contributed by atoms with Crippen molar-refractivity contribution < 1.29 is 4.92 Å². The van der Waals surface area contributed by atoms with Crippen LogP contribution in [0, 0.1) is 15.5 Å². The van der Waals surface area contributed by atoms with E-state index in [0.717, 1.165) is 18.1 Å². The first-order valence-electron chi connectivity index (χ1n) is 8.26. The first-order chi connectivity index (χ1) is 11.1. The zero-order valence-electron chi connectivity index (χ0n) is 14.0. The number of non-ortho nitro benzene ring substituents is 1. The molecule has 126 valence electrons. The lowest BCUT2D eigenvalue weighted by Crippen LogP contribution is -2.42. The van der Waals surface area contributed by atoms with Gasteiger partial charge in [-0.3, -0.25) is 15.1 Å². The van der Waals surface area contributed by atoms with E-state index in [2.05, 4.69) is 22.5 Å². The fourth-order valence-electron chi connectivity index (χ4n) is 3.24. The number of nitro groups is 1. The SMILES string of the molecule is CCC1(CNC(=NC)NCc2cccc([N+](=O)[O-])c2)CCCC1. The van der Waals surface area contributed by atoms with Crippen LogP contribution in [0.3, 0.4) is 0 Å². The predicted octanol–water partition coefficient (Wildman–Crippen LogP) is 3.23. The van der Waals surface area contributed by atoms with E-state index in [1.165, 1.54) is 38.2 Å². The maximum atomic E-state index is 10.8. The maximum Gasteiger partial charge on any atom is 0.269 e. The molecule has 2 rings (SSSR count). The van der Waals surface area contributed by atoms with E-state index >= 15 is 0 Å². The summed E-state index contributed by atoms with van der Waals surface area (Å²) in [5, 5.41) is 17.5. The lowest BCUT2D eigenvalue weighted by Gasteiger charge is -2.28. The molecule has 0 spiro atoms. The van der Waals surface area contributed by atoms with Crippen molar-refractivity contribution in [3.63, 3.8) is 0 Å².